The van der Waals surface area contributed by atoms with E-state index in [1.807, 2.05) is 0 Å². The minimum Gasteiger partial charge on any atom is -0.381 e. The number of hydrogen-bond donors (Lipinski definition) is 1. The van der Waals surface area contributed by atoms with E-state index in [-0.39, 0.29) is 0 Å². The van der Waals surface area contributed by atoms with E-state index in [1.165, 1.54) is 71.4 Å². The molecule has 3 rings (SSSR count). The second kappa shape index (κ2) is 6.73. The molecule has 0 saturated carbocycles. The van der Waals surface area contributed by atoms with E-state index in [0.29, 0.717) is 5.54 Å². The third-order valence-corrected chi connectivity index (χ3v) is 5.71. The summed E-state index contributed by atoms with van der Waals surface area (Å²) in [7, 11) is 2.35. The molecule has 1 unspecified atom stereocenters. The molecule has 1 atom stereocenters. The van der Waals surface area contributed by atoms with Crippen LogP contribution in [0, 0.1) is 5.92 Å². The van der Waals surface area contributed by atoms with Crippen LogP contribution in [0.4, 0.5) is 0 Å². The number of piperidine rings is 1. The Labute approximate surface area is 123 Å². The molecule has 1 N–H and O–H groups in total. The van der Waals surface area contributed by atoms with Gasteiger partial charge in [0.25, 0.3) is 0 Å². The summed E-state index contributed by atoms with van der Waals surface area (Å²) in [4.78, 5) is 5.40. The van der Waals surface area contributed by atoms with Crippen molar-refractivity contribution >= 4 is 0 Å². The number of nitrogens with one attached hydrogen (secondary N) is 1. The number of nitrogens with zero attached hydrogens (tertiary/aromatic N) is 2. The van der Waals surface area contributed by atoms with Gasteiger partial charge in [0.2, 0.25) is 0 Å². The molecule has 0 aromatic rings. The SMILES string of the molecule is CN1CCCN(CCC2CCOC2)CC12CCNCC2. The van der Waals surface area contributed by atoms with Crippen LogP contribution in [-0.2, 0) is 4.74 Å². The molecule has 20 heavy (non-hydrogen) atoms. The molecular formula is C16H31N3O. The molecule has 0 aliphatic carbocycles. The molecule has 4 nitrogen and oxygen atoms in total. The second-order valence-electron chi connectivity index (χ2n) is 7.04. The lowest BCUT2D eigenvalue weighted by molar-refractivity contribution is 0.0639. The van der Waals surface area contributed by atoms with Crippen molar-refractivity contribution in [3.05, 3.63) is 0 Å². The first-order valence-corrected chi connectivity index (χ1v) is 8.51. The van der Waals surface area contributed by atoms with Crippen LogP contribution in [0.15, 0.2) is 0 Å². The molecule has 0 aromatic carbocycles. The van der Waals surface area contributed by atoms with E-state index in [4.69, 9.17) is 4.74 Å². The van der Waals surface area contributed by atoms with Gasteiger partial charge in [-0.15, -0.1) is 0 Å². The van der Waals surface area contributed by atoms with E-state index in [1.54, 1.807) is 0 Å². The maximum absolute atomic E-state index is 5.51. The molecule has 3 aliphatic heterocycles. The Hall–Kier alpha value is -0.160. The number of rotatable bonds is 3. The van der Waals surface area contributed by atoms with Gasteiger partial charge in [-0.1, -0.05) is 0 Å². The van der Waals surface area contributed by atoms with Gasteiger partial charge in [0.1, 0.15) is 0 Å². The molecular weight excluding hydrogens is 250 g/mol. The summed E-state index contributed by atoms with van der Waals surface area (Å²) < 4.78 is 5.51. The van der Waals surface area contributed by atoms with Crippen molar-refractivity contribution in [2.75, 3.05) is 59.5 Å². The first-order valence-electron chi connectivity index (χ1n) is 8.51. The van der Waals surface area contributed by atoms with Crippen LogP contribution in [-0.4, -0.2) is 74.9 Å². The Morgan fingerprint density at radius 2 is 2.10 bits per heavy atom. The molecule has 4 heteroatoms. The van der Waals surface area contributed by atoms with E-state index in [0.717, 1.165) is 19.1 Å². The molecule has 3 heterocycles. The monoisotopic (exact) mass is 281 g/mol. The molecule has 0 bridgehead atoms. The van der Waals surface area contributed by atoms with Gasteiger partial charge < -0.3 is 15.0 Å². The van der Waals surface area contributed by atoms with Crippen molar-refractivity contribution in [3.8, 4) is 0 Å². The number of ether oxygens (including phenoxy) is 1. The maximum Gasteiger partial charge on any atom is 0.0495 e. The van der Waals surface area contributed by atoms with Gasteiger partial charge in [-0.2, -0.15) is 0 Å². The van der Waals surface area contributed by atoms with Crippen molar-refractivity contribution in [2.45, 2.75) is 37.6 Å². The van der Waals surface area contributed by atoms with Gasteiger partial charge in [0, 0.05) is 25.3 Å². The Morgan fingerprint density at radius 3 is 2.85 bits per heavy atom. The normalized spacial score (nSPS) is 32.5. The largest absolute Gasteiger partial charge is 0.381 e. The van der Waals surface area contributed by atoms with E-state index >= 15 is 0 Å². The van der Waals surface area contributed by atoms with Gasteiger partial charge in [0.15, 0.2) is 0 Å². The van der Waals surface area contributed by atoms with E-state index < -0.39 is 0 Å². The van der Waals surface area contributed by atoms with Crippen LogP contribution in [0.1, 0.15) is 32.1 Å². The zero-order valence-corrected chi connectivity index (χ0v) is 13.1. The summed E-state index contributed by atoms with van der Waals surface area (Å²) in [5, 5.41) is 3.53. The predicted molar refractivity (Wildman–Crippen MR) is 82.1 cm³/mol. The van der Waals surface area contributed by atoms with Gasteiger partial charge >= 0.3 is 0 Å². The zero-order chi connectivity index (χ0) is 13.8. The van der Waals surface area contributed by atoms with Crippen LogP contribution in [0.3, 0.4) is 0 Å². The Morgan fingerprint density at radius 1 is 1.25 bits per heavy atom. The molecule has 0 radical (unpaired) electrons. The first-order chi connectivity index (χ1) is 9.78. The van der Waals surface area contributed by atoms with Gasteiger partial charge in [0.05, 0.1) is 0 Å². The van der Waals surface area contributed by atoms with Crippen molar-refractivity contribution in [3.63, 3.8) is 0 Å². The third-order valence-electron chi connectivity index (χ3n) is 5.71. The summed E-state index contributed by atoms with van der Waals surface area (Å²) in [6.07, 6.45) is 6.56. The minimum atomic E-state index is 0.438. The summed E-state index contributed by atoms with van der Waals surface area (Å²) in [6, 6.07) is 0. The quantitative estimate of drug-likeness (QED) is 0.840. The molecule has 3 fully saturated rings. The lowest BCUT2D eigenvalue weighted by atomic mass is 9.86. The maximum atomic E-state index is 5.51. The Balaban J connectivity index is 1.57. The Kier molecular flexibility index (Phi) is 4.97. The Bertz CT molecular complexity index is 298. The van der Waals surface area contributed by atoms with Crippen LogP contribution < -0.4 is 5.32 Å². The fourth-order valence-corrected chi connectivity index (χ4v) is 4.18. The highest BCUT2D eigenvalue weighted by atomic mass is 16.5. The van der Waals surface area contributed by atoms with E-state index in [2.05, 4.69) is 22.2 Å². The van der Waals surface area contributed by atoms with Crippen molar-refractivity contribution in [1.82, 2.24) is 15.1 Å². The summed E-state index contributed by atoms with van der Waals surface area (Å²) >= 11 is 0. The first kappa shape index (κ1) is 14.8. The van der Waals surface area contributed by atoms with Gasteiger partial charge in [-0.05, 0) is 77.8 Å². The molecule has 3 saturated heterocycles. The average Bonchev–Trinajstić information content (AvgIpc) is 2.94. The molecule has 0 amide bonds. The average molecular weight is 281 g/mol. The van der Waals surface area contributed by atoms with Crippen molar-refractivity contribution < 1.29 is 4.74 Å². The third kappa shape index (κ3) is 3.35. The fraction of sp³-hybridized carbons (Fsp3) is 1.00. The highest BCUT2D eigenvalue weighted by Gasteiger charge is 2.38. The summed E-state index contributed by atoms with van der Waals surface area (Å²) in [5.74, 6) is 0.819. The predicted octanol–water partition coefficient (Wildman–Crippen LogP) is 1.17. The zero-order valence-electron chi connectivity index (χ0n) is 13.1. The van der Waals surface area contributed by atoms with E-state index in [9.17, 15) is 0 Å². The van der Waals surface area contributed by atoms with Crippen LogP contribution in [0.5, 0.6) is 0 Å². The second-order valence-corrected chi connectivity index (χ2v) is 7.04. The molecule has 1 spiro atoms. The fourth-order valence-electron chi connectivity index (χ4n) is 4.18. The topological polar surface area (TPSA) is 27.7 Å². The van der Waals surface area contributed by atoms with Crippen LogP contribution >= 0.6 is 0 Å². The van der Waals surface area contributed by atoms with Crippen molar-refractivity contribution in [1.29, 1.82) is 0 Å². The smallest absolute Gasteiger partial charge is 0.0495 e. The minimum absolute atomic E-state index is 0.438. The number of likely N-dealkylation sites (N-methyl/N-ethyl adjacent to an activating group) is 1. The van der Waals surface area contributed by atoms with Gasteiger partial charge in [-0.3, -0.25) is 4.90 Å². The van der Waals surface area contributed by atoms with Crippen LogP contribution in [0.25, 0.3) is 0 Å². The highest BCUT2D eigenvalue weighted by molar-refractivity contribution is 4.97. The summed E-state index contributed by atoms with van der Waals surface area (Å²) in [5.41, 5.74) is 0.438. The highest BCUT2D eigenvalue weighted by Crippen LogP contribution is 2.29. The standard InChI is InChI=1S/C16H31N3O/c1-18-9-2-10-19(11-3-15-4-12-20-13-15)14-16(18)5-7-17-8-6-16/h15,17H,2-14H2,1H3. The number of hydrogen-bond acceptors (Lipinski definition) is 4. The van der Waals surface area contributed by atoms with Crippen LogP contribution in [0.2, 0.25) is 0 Å². The molecule has 3 aliphatic rings. The summed E-state index contributed by atoms with van der Waals surface area (Å²) in [6.45, 7) is 9.47. The lowest BCUT2D eigenvalue weighted by Gasteiger charge is -2.45. The lowest BCUT2D eigenvalue weighted by Crippen LogP contribution is -2.57. The van der Waals surface area contributed by atoms with Gasteiger partial charge in [-0.25, -0.2) is 0 Å². The van der Waals surface area contributed by atoms with Crippen molar-refractivity contribution in [2.24, 2.45) is 5.92 Å². The molecule has 116 valence electrons. The molecule has 0 aromatic heterocycles.